The van der Waals surface area contributed by atoms with Gasteiger partial charge in [-0.05, 0) is 74.3 Å². The van der Waals surface area contributed by atoms with Crippen LogP contribution in [0.2, 0.25) is 0 Å². The molecule has 4 rings (SSSR count). The Bertz CT molecular complexity index is 1270. The van der Waals surface area contributed by atoms with Gasteiger partial charge in [0.15, 0.2) is 0 Å². The van der Waals surface area contributed by atoms with Gasteiger partial charge >= 0.3 is 6.18 Å². The van der Waals surface area contributed by atoms with Crippen molar-refractivity contribution in [3.63, 3.8) is 0 Å². The average molecular weight is 486 g/mol. The minimum absolute atomic E-state index is 0.104. The highest BCUT2D eigenvalue weighted by molar-refractivity contribution is 7.98. The van der Waals surface area contributed by atoms with E-state index in [0.29, 0.717) is 22.3 Å². The molecule has 4 nitrogen and oxygen atoms in total. The zero-order valence-electron chi connectivity index (χ0n) is 18.8. The highest BCUT2D eigenvalue weighted by atomic mass is 32.2. The Hall–Kier alpha value is -3.18. The normalized spacial score (nSPS) is 13.8. The number of hydrogen-bond donors (Lipinski definition) is 3. The fourth-order valence-corrected chi connectivity index (χ4v) is 4.47. The van der Waals surface area contributed by atoms with Crippen LogP contribution in [-0.2, 0) is 6.54 Å². The zero-order valence-corrected chi connectivity index (χ0v) is 19.6. The van der Waals surface area contributed by atoms with Crippen LogP contribution < -0.4 is 10.6 Å². The summed E-state index contributed by atoms with van der Waals surface area (Å²) in [5.74, 6) is 5.89. The summed E-state index contributed by atoms with van der Waals surface area (Å²) in [4.78, 5) is 0.930. The van der Waals surface area contributed by atoms with Gasteiger partial charge in [0.25, 0.3) is 0 Å². The molecular formula is C26H26F3N3OS. The lowest BCUT2D eigenvalue weighted by molar-refractivity contribution is -0.140. The van der Waals surface area contributed by atoms with Crippen LogP contribution in [-0.4, -0.2) is 28.7 Å². The summed E-state index contributed by atoms with van der Waals surface area (Å²) in [7, 11) is 0. The maximum absolute atomic E-state index is 13.4. The first-order valence-electron chi connectivity index (χ1n) is 11.1. The van der Waals surface area contributed by atoms with Crippen LogP contribution in [0.5, 0.6) is 5.75 Å². The fourth-order valence-electron chi connectivity index (χ4n) is 4.03. The summed E-state index contributed by atoms with van der Waals surface area (Å²) < 4.78 is 41.4. The van der Waals surface area contributed by atoms with Crippen LogP contribution in [0.3, 0.4) is 0 Å². The number of nitrogens with one attached hydrogen (secondary N) is 2. The van der Waals surface area contributed by atoms with E-state index in [9.17, 15) is 18.3 Å². The highest BCUT2D eigenvalue weighted by Gasteiger charge is 2.30. The summed E-state index contributed by atoms with van der Waals surface area (Å²) in [6, 6.07) is 12.3. The van der Waals surface area contributed by atoms with E-state index in [4.69, 9.17) is 0 Å². The second-order valence-corrected chi connectivity index (χ2v) is 8.99. The molecule has 1 aromatic heterocycles. The number of phenolic OH excluding ortho intramolecular Hbond substituents is 1. The summed E-state index contributed by atoms with van der Waals surface area (Å²) in [5.41, 5.74) is 3.19. The lowest BCUT2D eigenvalue weighted by Crippen LogP contribution is -2.18. The number of thioether (sulfide) groups is 1. The zero-order chi connectivity index (χ0) is 24.1. The Morgan fingerprint density at radius 1 is 1.12 bits per heavy atom. The van der Waals surface area contributed by atoms with Crippen molar-refractivity contribution in [3.8, 4) is 17.6 Å². The SMILES string of the molecule is CSc1ccc(NCC#Cc2cc3c(NC4=CCCCC4)cccc3n2CC(F)(F)F)c(O)c1. The minimum atomic E-state index is -4.37. The number of anilines is 2. The lowest BCUT2D eigenvalue weighted by atomic mass is 10.0. The molecule has 0 unspecified atom stereocenters. The van der Waals surface area contributed by atoms with Gasteiger partial charge in [0.05, 0.1) is 23.4 Å². The number of halogens is 3. The van der Waals surface area contributed by atoms with Crippen molar-refractivity contribution in [2.24, 2.45) is 0 Å². The third-order valence-corrected chi connectivity index (χ3v) is 6.38. The minimum Gasteiger partial charge on any atom is -0.506 e. The fraction of sp³-hybridized carbons (Fsp3) is 0.308. The van der Waals surface area contributed by atoms with Crippen molar-refractivity contribution in [1.82, 2.24) is 4.57 Å². The lowest BCUT2D eigenvalue weighted by Gasteiger charge is -2.16. The first-order chi connectivity index (χ1) is 16.3. The van der Waals surface area contributed by atoms with Crippen molar-refractivity contribution in [3.05, 3.63) is 59.9 Å². The van der Waals surface area contributed by atoms with Gasteiger partial charge in [0.1, 0.15) is 12.3 Å². The number of benzene rings is 2. The molecule has 1 heterocycles. The standard InChI is InChI=1S/C26H26F3N3OS/c1-34-20-12-13-23(25(33)16-20)30-14-6-9-19-15-21-22(31-18-7-3-2-4-8-18)10-5-11-24(21)32(19)17-26(27,28)29/h5,7,10-13,15-16,30-31,33H,2-4,8,14,17H2,1H3. The number of nitrogens with zero attached hydrogens (tertiary/aromatic N) is 1. The van der Waals surface area contributed by atoms with Gasteiger partial charge in [-0.15, -0.1) is 11.8 Å². The van der Waals surface area contributed by atoms with E-state index >= 15 is 0 Å². The first-order valence-corrected chi connectivity index (χ1v) is 12.3. The number of alkyl halides is 3. The Balaban J connectivity index is 1.61. The monoisotopic (exact) mass is 485 g/mol. The third kappa shape index (κ3) is 5.84. The maximum Gasteiger partial charge on any atom is 0.406 e. The second-order valence-electron chi connectivity index (χ2n) is 8.11. The number of phenols is 1. The predicted octanol–water partition coefficient (Wildman–Crippen LogP) is 6.96. The van der Waals surface area contributed by atoms with Gasteiger partial charge in [-0.3, -0.25) is 0 Å². The van der Waals surface area contributed by atoms with Crippen LogP contribution in [0, 0.1) is 11.8 Å². The van der Waals surface area contributed by atoms with E-state index in [0.717, 1.165) is 42.0 Å². The molecule has 0 bridgehead atoms. The Morgan fingerprint density at radius 3 is 2.68 bits per heavy atom. The third-order valence-electron chi connectivity index (χ3n) is 5.66. The number of fused-ring (bicyclic) bond motifs is 1. The van der Waals surface area contributed by atoms with E-state index in [2.05, 4.69) is 28.6 Å². The predicted molar refractivity (Wildman–Crippen MR) is 133 cm³/mol. The number of aromatic hydroxyl groups is 1. The van der Waals surface area contributed by atoms with Crippen LogP contribution in [0.15, 0.2) is 59.1 Å². The van der Waals surface area contributed by atoms with Crippen molar-refractivity contribution < 1.29 is 18.3 Å². The molecule has 0 atom stereocenters. The summed E-state index contributed by atoms with van der Waals surface area (Å²) in [6.07, 6.45) is 3.90. The maximum atomic E-state index is 13.4. The van der Waals surface area contributed by atoms with Gasteiger partial charge in [-0.25, -0.2) is 0 Å². The first kappa shape index (κ1) is 24.0. The smallest absolute Gasteiger partial charge is 0.406 e. The summed E-state index contributed by atoms with van der Waals surface area (Å²) in [5, 5.41) is 17.2. The number of rotatable bonds is 6. The molecule has 2 aromatic carbocycles. The molecule has 0 aliphatic heterocycles. The van der Waals surface area contributed by atoms with Crippen molar-refractivity contribution >= 4 is 34.0 Å². The molecule has 0 saturated carbocycles. The van der Waals surface area contributed by atoms with E-state index in [1.165, 1.54) is 16.3 Å². The topological polar surface area (TPSA) is 49.2 Å². The van der Waals surface area contributed by atoms with Crippen molar-refractivity contribution in [2.75, 3.05) is 23.4 Å². The quantitative estimate of drug-likeness (QED) is 0.201. The summed E-state index contributed by atoms with van der Waals surface area (Å²) in [6.45, 7) is -0.936. The molecule has 34 heavy (non-hydrogen) atoms. The van der Waals surface area contributed by atoms with Crippen LogP contribution in [0.4, 0.5) is 24.5 Å². The Labute approximate surface area is 201 Å². The van der Waals surface area contributed by atoms with E-state index < -0.39 is 12.7 Å². The van der Waals surface area contributed by atoms with Gasteiger partial charge < -0.3 is 20.3 Å². The molecule has 0 radical (unpaired) electrons. The molecule has 1 aliphatic rings. The summed E-state index contributed by atoms with van der Waals surface area (Å²) >= 11 is 1.52. The molecule has 3 N–H and O–H groups in total. The van der Waals surface area contributed by atoms with E-state index in [-0.39, 0.29) is 12.3 Å². The van der Waals surface area contributed by atoms with Crippen LogP contribution in [0.25, 0.3) is 10.9 Å². The molecular weight excluding hydrogens is 459 g/mol. The molecule has 0 fully saturated rings. The van der Waals surface area contributed by atoms with E-state index in [1.54, 1.807) is 30.3 Å². The number of allylic oxidation sites excluding steroid dienone is 2. The van der Waals surface area contributed by atoms with Crippen molar-refractivity contribution in [1.29, 1.82) is 0 Å². The van der Waals surface area contributed by atoms with Gasteiger partial charge in [0, 0.05) is 21.7 Å². The molecule has 1 aliphatic carbocycles. The molecule has 0 amide bonds. The van der Waals surface area contributed by atoms with Gasteiger partial charge in [-0.2, -0.15) is 13.2 Å². The van der Waals surface area contributed by atoms with Crippen LogP contribution in [0.1, 0.15) is 31.4 Å². The van der Waals surface area contributed by atoms with Gasteiger partial charge in [0.2, 0.25) is 0 Å². The molecule has 0 saturated heterocycles. The highest BCUT2D eigenvalue weighted by Crippen LogP contribution is 2.32. The number of aromatic nitrogens is 1. The van der Waals surface area contributed by atoms with E-state index in [1.807, 2.05) is 18.4 Å². The Morgan fingerprint density at radius 2 is 1.97 bits per heavy atom. The number of hydrogen-bond acceptors (Lipinski definition) is 4. The molecule has 8 heteroatoms. The average Bonchev–Trinajstić information content (AvgIpc) is 3.15. The molecule has 0 spiro atoms. The van der Waals surface area contributed by atoms with Crippen molar-refractivity contribution in [2.45, 2.75) is 43.3 Å². The van der Waals surface area contributed by atoms with Gasteiger partial charge in [-0.1, -0.05) is 18.1 Å². The second kappa shape index (κ2) is 10.4. The molecule has 3 aromatic rings. The molecule has 178 valence electrons. The Kier molecular flexibility index (Phi) is 7.32. The largest absolute Gasteiger partial charge is 0.506 e. The van der Waals surface area contributed by atoms with Crippen LogP contribution >= 0.6 is 11.8 Å².